The maximum Gasteiger partial charge on any atom is 0.178 e. The van der Waals surface area contributed by atoms with E-state index < -0.39 is 5.92 Å². The number of hydrogen-bond acceptors (Lipinski definition) is 3. The Bertz CT molecular complexity index is 863. The van der Waals surface area contributed by atoms with Gasteiger partial charge in [-0.3, -0.25) is 14.6 Å². The fraction of sp³-hybridized carbons (Fsp3) is 0.0556. The lowest BCUT2D eigenvalue weighted by Gasteiger charge is -2.08. The second-order valence-corrected chi connectivity index (χ2v) is 5.17. The number of Topliss-reactive ketones (excluding diaryl/α,β-unsaturated/α-hetero) is 2. The van der Waals surface area contributed by atoms with E-state index in [9.17, 15) is 9.59 Å². The molecule has 1 heterocycles. The number of hydrogen-bond donors (Lipinski definition) is 0. The molecule has 3 aromatic rings. The van der Waals surface area contributed by atoms with E-state index in [-0.39, 0.29) is 11.6 Å². The van der Waals surface area contributed by atoms with Gasteiger partial charge in [-0.15, -0.1) is 0 Å². The molecule has 1 aromatic heterocycles. The Balaban J connectivity index is 1.86. The van der Waals surface area contributed by atoms with Crippen molar-refractivity contribution in [3.63, 3.8) is 0 Å². The van der Waals surface area contributed by atoms with Crippen molar-refractivity contribution >= 4 is 22.5 Å². The van der Waals surface area contributed by atoms with E-state index in [0.717, 1.165) is 10.9 Å². The van der Waals surface area contributed by atoms with Gasteiger partial charge in [0.05, 0.1) is 5.52 Å². The van der Waals surface area contributed by atoms with Crippen LogP contribution in [0.2, 0.25) is 0 Å². The Labute approximate surface area is 121 Å². The van der Waals surface area contributed by atoms with Gasteiger partial charge in [0.15, 0.2) is 11.6 Å². The van der Waals surface area contributed by atoms with Crippen molar-refractivity contribution in [2.45, 2.75) is 5.92 Å². The zero-order chi connectivity index (χ0) is 14.4. The predicted octanol–water partition coefficient (Wildman–Crippen LogP) is 3.40. The lowest BCUT2D eigenvalue weighted by molar-refractivity contribution is 0.0890. The Morgan fingerprint density at radius 2 is 1.43 bits per heavy atom. The van der Waals surface area contributed by atoms with Crippen molar-refractivity contribution in [3.05, 3.63) is 77.5 Å². The molecule has 1 aliphatic carbocycles. The first-order valence-corrected chi connectivity index (χ1v) is 6.78. The van der Waals surface area contributed by atoms with Crippen LogP contribution in [0.15, 0.2) is 60.8 Å². The molecule has 0 unspecified atom stereocenters. The molecule has 0 spiro atoms. The highest BCUT2D eigenvalue weighted by Crippen LogP contribution is 2.34. The molecule has 3 heteroatoms. The number of nitrogens with zero attached hydrogens (tertiary/aromatic N) is 1. The van der Waals surface area contributed by atoms with Gasteiger partial charge in [0.25, 0.3) is 0 Å². The molecule has 0 bridgehead atoms. The summed E-state index contributed by atoms with van der Waals surface area (Å²) in [5.41, 5.74) is 2.55. The van der Waals surface area contributed by atoms with Crippen molar-refractivity contribution in [1.29, 1.82) is 0 Å². The van der Waals surface area contributed by atoms with Gasteiger partial charge in [0.2, 0.25) is 0 Å². The highest BCUT2D eigenvalue weighted by molar-refractivity contribution is 6.29. The average molecular weight is 273 g/mol. The number of rotatable bonds is 1. The topological polar surface area (TPSA) is 47.0 Å². The van der Waals surface area contributed by atoms with Crippen molar-refractivity contribution in [2.75, 3.05) is 0 Å². The van der Waals surface area contributed by atoms with Crippen LogP contribution in [0.5, 0.6) is 0 Å². The van der Waals surface area contributed by atoms with Crippen LogP contribution in [0, 0.1) is 0 Å². The summed E-state index contributed by atoms with van der Waals surface area (Å²) in [7, 11) is 0. The summed E-state index contributed by atoms with van der Waals surface area (Å²) >= 11 is 0. The number of fused-ring (bicyclic) bond motifs is 2. The van der Waals surface area contributed by atoms with E-state index >= 15 is 0 Å². The largest absolute Gasteiger partial charge is 0.293 e. The van der Waals surface area contributed by atoms with Crippen LogP contribution in [-0.4, -0.2) is 16.6 Å². The maximum atomic E-state index is 12.5. The summed E-state index contributed by atoms with van der Waals surface area (Å²) in [6, 6.07) is 16.5. The van der Waals surface area contributed by atoms with E-state index in [1.54, 1.807) is 30.5 Å². The number of benzene rings is 2. The highest BCUT2D eigenvalue weighted by Gasteiger charge is 2.39. The summed E-state index contributed by atoms with van der Waals surface area (Å²) in [5, 5.41) is 0.937. The van der Waals surface area contributed by atoms with Gasteiger partial charge >= 0.3 is 0 Å². The maximum absolute atomic E-state index is 12.5. The third-order valence-electron chi connectivity index (χ3n) is 3.93. The summed E-state index contributed by atoms with van der Waals surface area (Å²) in [6.07, 6.45) is 1.63. The smallest absolute Gasteiger partial charge is 0.178 e. The zero-order valence-electron chi connectivity index (χ0n) is 11.1. The third-order valence-corrected chi connectivity index (χ3v) is 3.93. The first-order chi connectivity index (χ1) is 10.3. The Hall–Kier alpha value is -2.81. The van der Waals surface area contributed by atoms with E-state index in [0.29, 0.717) is 16.7 Å². The van der Waals surface area contributed by atoms with Crippen molar-refractivity contribution in [2.24, 2.45) is 0 Å². The Morgan fingerprint density at radius 1 is 0.810 bits per heavy atom. The molecular formula is C18H11NO2. The number of carbonyl (C=O) groups is 2. The van der Waals surface area contributed by atoms with Crippen molar-refractivity contribution in [1.82, 2.24) is 4.98 Å². The van der Waals surface area contributed by atoms with Crippen LogP contribution in [0.1, 0.15) is 32.2 Å². The second-order valence-electron chi connectivity index (χ2n) is 5.17. The minimum Gasteiger partial charge on any atom is -0.293 e. The van der Waals surface area contributed by atoms with E-state index in [4.69, 9.17) is 0 Å². The van der Waals surface area contributed by atoms with Gasteiger partial charge in [-0.2, -0.15) is 0 Å². The van der Waals surface area contributed by atoms with Gasteiger partial charge in [-0.05, 0) is 17.7 Å². The van der Waals surface area contributed by atoms with Gasteiger partial charge in [0.1, 0.15) is 5.92 Å². The molecule has 0 fully saturated rings. The number of para-hydroxylation sites is 1. The molecule has 0 atom stereocenters. The molecule has 0 radical (unpaired) electrons. The molecular weight excluding hydrogens is 262 g/mol. The molecule has 0 saturated carbocycles. The molecule has 3 nitrogen and oxygen atoms in total. The zero-order valence-corrected chi connectivity index (χ0v) is 11.1. The van der Waals surface area contributed by atoms with Crippen LogP contribution in [0.3, 0.4) is 0 Å². The average Bonchev–Trinajstić information content (AvgIpc) is 2.79. The summed E-state index contributed by atoms with van der Waals surface area (Å²) in [6.45, 7) is 0. The highest BCUT2D eigenvalue weighted by atomic mass is 16.2. The Morgan fingerprint density at radius 3 is 2.14 bits per heavy atom. The monoisotopic (exact) mass is 273 g/mol. The predicted molar refractivity (Wildman–Crippen MR) is 79.6 cm³/mol. The summed E-state index contributed by atoms with van der Waals surface area (Å²) in [4.78, 5) is 29.3. The van der Waals surface area contributed by atoms with Crippen LogP contribution < -0.4 is 0 Å². The minimum atomic E-state index is -0.750. The quantitative estimate of drug-likeness (QED) is 0.638. The van der Waals surface area contributed by atoms with Gasteiger partial charge in [-0.1, -0.05) is 42.5 Å². The molecule has 0 saturated heterocycles. The summed E-state index contributed by atoms with van der Waals surface area (Å²) in [5.74, 6) is -1.01. The fourth-order valence-electron chi connectivity index (χ4n) is 2.89. The molecule has 21 heavy (non-hydrogen) atoms. The van der Waals surface area contributed by atoms with Crippen LogP contribution in [0.25, 0.3) is 10.9 Å². The lowest BCUT2D eigenvalue weighted by atomic mass is 9.94. The van der Waals surface area contributed by atoms with Gasteiger partial charge in [0, 0.05) is 22.7 Å². The molecule has 1 aliphatic rings. The van der Waals surface area contributed by atoms with E-state index in [1.165, 1.54) is 0 Å². The van der Waals surface area contributed by atoms with E-state index in [2.05, 4.69) is 4.98 Å². The van der Waals surface area contributed by atoms with Crippen molar-refractivity contribution in [3.8, 4) is 0 Å². The molecule has 4 rings (SSSR count). The SMILES string of the molecule is O=C1c2ccccc2C(=O)C1c1cnc2ccccc2c1. The summed E-state index contributed by atoms with van der Waals surface area (Å²) < 4.78 is 0. The van der Waals surface area contributed by atoms with Crippen molar-refractivity contribution < 1.29 is 9.59 Å². The minimum absolute atomic E-state index is 0.132. The van der Waals surface area contributed by atoms with Gasteiger partial charge < -0.3 is 0 Å². The van der Waals surface area contributed by atoms with Gasteiger partial charge in [-0.25, -0.2) is 0 Å². The number of carbonyl (C=O) groups excluding carboxylic acids is 2. The molecule has 100 valence electrons. The number of aromatic nitrogens is 1. The molecule has 2 aromatic carbocycles. The fourth-order valence-corrected chi connectivity index (χ4v) is 2.89. The lowest BCUT2D eigenvalue weighted by Crippen LogP contribution is -2.13. The first kappa shape index (κ1) is 12.0. The van der Waals surface area contributed by atoms with Crippen LogP contribution in [0.4, 0.5) is 0 Å². The molecule has 0 aliphatic heterocycles. The molecule has 0 amide bonds. The first-order valence-electron chi connectivity index (χ1n) is 6.78. The normalized spacial score (nSPS) is 14.7. The second kappa shape index (κ2) is 4.35. The number of ketones is 2. The molecule has 0 N–H and O–H groups in total. The standard InChI is InChI=1S/C18H11NO2/c20-17-13-6-2-3-7-14(13)18(21)16(17)12-9-11-5-1-4-8-15(11)19-10-12/h1-10,16H. The third kappa shape index (κ3) is 1.71. The van der Waals surface area contributed by atoms with E-state index in [1.807, 2.05) is 30.3 Å². The number of pyridine rings is 1. The van der Waals surface area contributed by atoms with Crippen LogP contribution in [-0.2, 0) is 0 Å². The van der Waals surface area contributed by atoms with Crippen LogP contribution >= 0.6 is 0 Å². The Kier molecular flexibility index (Phi) is 2.48.